The van der Waals surface area contributed by atoms with Gasteiger partial charge in [0.05, 0.1) is 6.61 Å². The van der Waals surface area contributed by atoms with Crippen LogP contribution in [-0.4, -0.2) is 15.0 Å². The minimum atomic E-state index is -3.85. The number of ether oxygens (including phenoxy) is 1. The quantitative estimate of drug-likeness (QED) is 0.852. The summed E-state index contributed by atoms with van der Waals surface area (Å²) in [5.74, 6) is -0.145. The Hall–Kier alpha value is -1.63. The molecule has 23 heavy (non-hydrogen) atoms. The lowest BCUT2D eigenvalue weighted by Gasteiger charge is -2.17. The maximum atomic E-state index is 13.0. The van der Waals surface area contributed by atoms with Crippen molar-refractivity contribution in [3.05, 3.63) is 58.9 Å². The van der Waals surface area contributed by atoms with E-state index in [9.17, 15) is 12.8 Å². The number of hydrogen-bond acceptors (Lipinski definition) is 3. The molecule has 0 aromatic heterocycles. The molecule has 1 atom stereocenters. The van der Waals surface area contributed by atoms with Gasteiger partial charge < -0.3 is 4.74 Å². The first-order valence-electron chi connectivity index (χ1n) is 7.03. The Morgan fingerprint density at radius 2 is 1.87 bits per heavy atom. The average molecular weight is 358 g/mol. The third-order valence-electron chi connectivity index (χ3n) is 3.20. The molecule has 4 nitrogen and oxygen atoms in total. The van der Waals surface area contributed by atoms with E-state index in [1.54, 1.807) is 19.9 Å². The number of nitrogens with one attached hydrogen (secondary N) is 1. The van der Waals surface area contributed by atoms with Gasteiger partial charge >= 0.3 is 0 Å². The number of hydrogen-bond donors (Lipinski definition) is 1. The van der Waals surface area contributed by atoms with E-state index in [0.717, 1.165) is 0 Å². The number of sulfonamides is 1. The molecule has 0 radical (unpaired) electrons. The van der Waals surface area contributed by atoms with Gasteiger partial charge in [-0.3, -0.25) is 0 Å². The van der Waals surface area contributed by atoms with Crippen LogP contribution in [0.3, 0.4) is 0 Å². The summed E-state index contributed by atoms with van der Waals surface area (Å²) in [4.78, 5) is -0.0270. The van der Waals surface area contributed by atoms with Crippen LogP contribution in [0.15, 0.2) is 47.4 Å². The highest BCUT2D eigenvalue weighted by Gasteiger charge is 2.23. The predicted octanol–water partition coefficient (Wildman–Crippen LogP) is 3.92. The van der Waals surface area contributed by atoms with E-state index in [4.69, 9.17) is 16.3 Å². The Balaban J connectivity index is 2.31. The molecule has 0 saturated carbocycles. The van der Waals surface area contributed by atoms with E-state index >= 15 is 0 Å². The summed E-state index contributed by atoms with van der Waals surface area (Å²) in [6.45, 7) is 3.77. The van der Waals surface area contributed by atoms with Gasteiger partial charge in [0.25, 0.3) is 0 Å². The molecule has 2 rings (SSSR count). The fraction of sp³-hybridized carbons (Fsp3) is 0.250. The van der Waals surface area contributed by atoms with Crippen LogP contribution in [0.25, 0.3) is 0 Å². The monoisotopic (exact) mass is 357 g/mol. The normalized spacial score (nSPS) is 12.9. The van der Waals surface area contributed by atoms with Gasteiger partial charge in [0.15, 0.2) is 0 Å². The lowest BCUT2D eigenvalue weighted by atomic mass is 10.1. The maximum absolute atomic E-state index is 13.0. The van der Waals surface area contributed by atoms with Crippen molar-refractivity contribution < 1.29 is 17.5 Å². The topological polar surface area (TPSA) is 55.4 Å². The summed E-state index contributed by atoms with van der Waals surface area (Å²) >= 11 is 5.90. The van der Waals surface area contributed by atoms with Crippen molar-refractivity contribution in [2.24, 2.45) is 0 Å². The molecular weight excluding hydrogens is 341 g/mol. The molecule has 0 spiro atoms. The fourth-order valence-corrected chi connectivity index (χ4v) is 3.72. The van der Waals surface area contributed by atoms with Crippen molar-refractivity contribution in [3.8, 4) is 5.75 Å². The Labute approximate surface area is 140 Å². The van der Waals surface area contributed by atoms with Gasteiger partial charge in [-0.25, -0.2) is 17.5 Å². The van der Waals surface area contributed by atoms with Gasteiger partial charge in [-0.05, 0) is 49.7 Å². The molecular formula is C16H17ClFNO3S. The molecule has 0 amide bonds. The number of benzene rings is 2. The summed E-state index contributed by atoms with van der Waals surface area (Å²) in [6.07, 6.45) is 0. The third-order valence-corrected chi connectivity index (χ3v) is 4.99. The van der Waals surface area contributed by atoms with Crippen LogP contribution in [0.2, 0.25) is 5.02 Å². The van der Waals surface area contributed by atoms with E-state index in [-0.39, 0.29) is 16.5 Å². The predicted molar refractivity (Wildman–Crippen MR) is 87.8 cm³/mol. The molecule has 0 bridgehead atoms. The van der Waals surface area contributed by atoms with Crippen LogP contribution >= 0.6 is 11.6 Å². The largest absolute Gasteiger partial charge is 0.492 e. The zero-order valence-corrected chi connectivity index (χ0v) is 14.3. The third kappa shape index (κ3) is 4.43. The zero-order valence-electron chi connectivity index (χ0n) is 12.7. The van der Waals surface area contributed by atoms with Crippen LogP contribution < -0.4 is 9.46 Å². The van der Waals surface area contributed by atoms with Crippen molar-refractivity contribution in [1.29, 1.82) is 0 Å². The molecule has 7 heteroatoms. The van der Waals surface area contributed by atoms with Gasteiger partial charge in [0, 0.05) is 11.1 Å². The van der Waals surface area contributed by atoms with Crippen LogP contribution in [-0.2, 0) is 10.0 Å². The molecule has 0 saturated heterocycles. The zero-order chi connectivity index (χ0) is 17.0. The van der Waals surface area contributed by atoms with Crippen LogP contribution in [0.5, 0.6) is 5.75 Å². The molecule has 124 valence electrons. The summed E-state index contributed by atoms with van der Waals surface area (Å²) in [5, 5.41) is 0.295. The second-order valence-electron chi connectivity index (χ2n) is 4.92. The molecule has 0 aliphatic carbocycles. The summed E-state index contributed by atoms with van der Waals surface area (Å²) < 4.78 is 46.1. The second kappa shape index (κ2) is 7.29. The smallest absolute Gasteiger partial charge is 0.244 e. The molecule has 0 aliphatic rings. The minimum absolute atomic E-state index is 0.0270. The fourth-order valence-electron chi connectivity index (χ4n) is 2.08. The van der Waals surface area contributed by atoms with Crippen molar-refractivity contribution in [2.45, 2.75) is 24.8 Å². The Kier molecular flexibility index (Phi) is 5.62. The van der Waals surface area contributed by atoms with E-state index in [0.29, 0.717) is 17.2 Å². The van der Waals surface area contributed by atoms with E-state index in [1.165, 1.54) is 36.4 Å². The highest BCUT2D eigenvalue weighted by molar-refractivity contribution is 7.89. The maximum Gasteiger partial charge on any atom is 0.244 e. The van der Waals surface area contributed by atoms with Crippen LogP contribution in [0.4, 0.5) is 4.39 Å². The second-order valence-corrected chi connectivity index (χ2v) is 7.04. The van der Waals surface area contributed by atoms with E-state index in [1.807, 2.05) is 0 Å². The van der Waals surface area contributed by atoms with Gasteiger partial charge in [0.2, 0.25) is 10.0 Å². The van der Waals surface area contributed by atoms with Crippen molar-refractivity contribution >= 4 is 21.6 Å². The molecule has 0 fully saturated rings. The molecule has 0 unspecified atom stereocenters. The first-order chi connectivity index (χ1) is 10.8. The molecule has 1 N–H and O–H groups in total. The van der Waals surface area contributed by atoms with Gasteiger partial charge in [-0.15, -0.1) is 0 Å². The number of rotatable bonds is 6. The van der Waals surface area contributed by atoms with Crippen LogP contribution in [0.1, 0.15) is 25.5 Å². The minimum Gasteiger partial charge on any atom is -0.492 e. The molecule has 0 heterocycles. The lowest BCUT2D eigenvalue weighted by Crippen LogP contribution is -2.27. The van der Waals surface area contributed by atoms with Crippen molar-refractivity contribution in [3.63, 3.8) is 0 Å². The van der Waals surface area contributed by atoms with E-state index < -0.39 is 16.1 Å². The summed E-state index contributed by atoms with van der Waals surface area (Å²) in [6, 6.07) is 9.52. The molecule has 0 aliphatic heterocycles. The lowest BCUT2D eigenvalue weighted by molar-refractivity contribution is 0.331. The van der Waals surface area contributed by atoms with Crippen molar-refractivity contribution in [1.82, 2.24) is 4.72 Å². The van der Waals surface area contributed by atoms with Crippen molar-refractivity contribution in [2.75, 3.05) is 6.61 Å². The Morgan fingerprint density at radius 3 is 2.48 bits per heavy atom. The van der Waals surface area contributed by atoms with Gasteiger partial charge in [-0.1, -0.05) is 23.7 Å². The summed E-state index contributed by atoms with van der Waals surface area (Å²) in [5.41, 5.74) is 0.648. The highest BCUT2D eigenvalue weighted by atomic mass is 35.5. The van der Waals surface area contributed by atoms with Gasteiger partial charge in [0.1, 0.15) is 16.5 Å². The number of halogens is 2. The first kappa shape index (κ1) is 17.7. The van der Waals surface area contributed by atoms with Crippen LogP contribution in [0, 0.1) is 5.82 Å². The van der Waals surface area contributed by atoms with Gasteiger partial charge in [-0.2, -0.15) is 0 Å². The SMILES string of the molecule is CCOc1ccc(Cl)cc1S(=O)(=O)N[C@H](C)c1ccc(F)cc1. The molecule has 2 aromatic carbocycles. The average Bonchev–Trinajstić information content (AvgIpc) is 2.49. The van der Waals surface area contributed by atoms with E-state index in [2.05, 4.69) is 4.72 Å². The Bertz CT molecular complexity index is 778. The summed E-state index contributed by atoms with van der Waals surface area (Å²) in [7, 11) is -3.85. The molecule has 2 aromatic rings. The standard InChI is InChI=1S/C16H17ClFNO3S/c1-3-22-15-9-6-13(17)10-16(15)23(20,21)19-11(2)12-4-7-14(18)8-5-12/h4-11,19H,3H2,1-2H3/t11-/m1/s1. The highest BCUT2D eigenvalue weighted by Crippen LogP contribution is 2.28. The Morgan fingerprint density at radius 1 is 1.22 bits per heavy atom. The first-order valence-corrected chi connectivity index (χ1v) is 8.89.